The molecule has 2 rings (SSSR count). The first-order valence-corrected chi connectivity index (χ1v) is 9.13. The van der Waals surface area contributed by atoms with Crippen molar-refractivity contribution in [2.45, 2.75) is 6.61 Å². The summed E-state index contributed by atoms with van der Waals surface area (Å²) in [7, 11) is 0. The van der Waals surface area contributed by atoms with Crippen LogP contribution in [0.3, 0.4) is 0 Å². The zero-order valence-corrected chi connectivity index (χ0v) is 13.2. The topological polar surface area (TPSA) is 61.8 Å². The van der Waals surface area contributed by atoms with Crippen LogP contribution in [0.4, 0.5) is 4.79 Å². The molecule has 2 aromatic carbocycles. The molecule has 0 saturated carbocycles. The van der Waals surface area contributed by atoms with E-state index in [0.29, 0.717) is 5.75 Å². The number of benzene rings is 2. The van der Waals surface area contributed by atoms with E-state index >= 15 is 0 Å². The lowest BCUT2D eigenvalue weighted by Crippen LogP contribution is -2.09. The summed E-state index contributed by atoms with van der Waals surface area (Å²) in [6, 6.07) is 17.5. The summed E-state index contributed by atoms with van der Waals surface area (Å²) in [6.45, 7) is -3.55. The molecule has 0 radical (unpaired) electrons. The van der Waals surface area contributed by atoms with Crippen LogP contribution in [-0.4, -0.2) is 12.5 Å². The van der Waals surface area contributed by atoms with Crippen molar-refractivity contribution in [3.63, 3.8) is 0 Å². The first-order valence-electron chi connectivity index (χ1n) is 6.42. The number of rotatable bonds is 6. The minimum Gasteiger partial charge on any atom is -0.431 e. The summed E-state index contributed by atoms with van der Waals surface area (Å²) in [5.74, 6) is 0.335. The lowest BCUT2D eigenvalue weighted by Gasteiger charge is -2.13. The second-order valence-electron chi connectivity index (χ2n) is 4.29. The summed E-state index contributed by atoms with van der Waals surface area (Å²) in [5.41, 5.74) is 0.814. The Hall–Kier alpha value is -1.97. The Labute approximate surface area is 133 Å². The van der Waals surface area contributed by atoms with Crippen molar-refractivity contribution in [3.05, 3.63) is 66.2 Å². The van der Waals surface area contributed by atoms with Gasteiger partial charge in [0.05, 0.1) is 0 Å². The number of ether oxygens (including phenoxy) is 2. The average Bonchev–Trinajstić information content (AvgIpc) is 2.53. The molecule has 116 valence electrons. The Balaban J connectivity index is 1.76. The molecule has 0 saturated heterocycles. The quantitative estimate of drug-likeness (QED) is 0.558. The van der Waals surface area contributed by atoms with Crippen molar-refractivity contribution in [1.82, 2.24) is 0 Å². The molecule has 1 atom stereocenters. The highest BCUT2D eigenvalue weighted by Gasteiger charge is 2.24. The molecule has 0 fully saturated rings. The molecule has 2 aromatic rings. The summed E-state index contributed by atoms with van der Waals surface area (Å²) in [4.78, 5) is 11.4. The van der Waals surface area contributed by atoms with Gasteiger partial charge in [-0.2, -0.15) is 0 Å². The number of carbonyl (C=O) groups is 1. The molecular weight excluding hydrogens is 327 g/mol. The normalized spacial score (nSPS) is 13.0. The molecular formula is C15H14ClO5P. The first-order chi connectivity index (χ1) is 10.6. The second kappa shape index (κ2) is 7.87. The maximum atomic E-state index is 12.0. The van der Waals surface area contributed by atoms with E-state index in [4.69, 9.17) is 25.2 Å². The van der Waals surface area contributed by atoms with Crippen molar-refractivity contribution < 1.29 is 23.4 Å². The predicted octanol–water partition coefficient (Wildman–Crippen LogP) is 4.81. The average molecular weight is 341 g/mol. The molecule has 1 unspecified atom stereocenters. The Bertz CT molecular complexity index is 647. The third-order valence-electron chi connectivity index (χ3n) is 2.52. The third kappa shape index (κ3) is 5.80. The summed E-state index contributed by atoms with van der Waals surface area (Å²) in [5, 5.41) is 0. The fourth-order valence-corrected chi connectivity index (χ4v) is 2.69. The van der Waals surface area contributed by atoms with Crippen LogP contribution in [0.15, 0.2) is 60.7 Å². The van der Waals surface area contributed by atoms with Crippen LogP contribution >= 0.6 is 18.0 Å². The molecule has 0 aliphatic heterocycles. The number of halogens is 1. The highest BCUT2D eigenvalue weighted by Crippen LogP contribution is 2.52. The van der Waals surface area contributed by atoms with Gasteiger partial charge in [-0.15, -0.1) is 0 Å². The second-order valence-corrected chi connectivity index (χ2v) is 7.46. The van der Waals surface area contributed by atoms with Gasteiger partial charge in [-0.25, -0.2) is 4.79 Å². The molecule has 0 aromatic heterocycles. The van der Waals surface area contributed by atoms with Gasteiger partial charge in [-0.05, 0) is 28.9 Å². The van der Waals surface area contributed by atoms with Gasteiger partial charge in [0.15, 0.2) is 6.35 Å². The Morgan fingerprint density at radius 1 is 0.955 bits per heavy atom. The SMILES string of the molecule is O=C(OCc1ccccc1)OCP(=O)(Cl)Oc1ccccc1. The maximum Gasteiger partial charge on any atom is 0.509 e. The van der Waals surface area contributed by atoms with Crippen LogP contribution in [0, 0.1) is 0 Å². The van der Waals surface area contributed by atoms with Crippen LogP contribution in [-0.2, 0) is 20.6 Å². The number of para-hydroxylation sites is 1. The molecule has 0 bridgehead atoms. The van der Waals surface area contributed by atoms with Crippen molar-refractivity contribution in [3.8, 4) is 5.75 Å². The summed E-state index contributed by atoms with van der Waals surface area (Å²) >= 11 is 5.73. The molecule has 0 spiro atoms. The van der Waals surface area contributed by atoms with Crippen molar-refractivity contribution in [1.29, 1.82) is 0 Å². The highest BCUT2D eigenvalue weighted by molar-refractivity contribution is 7.85. The van der Waals surface area contributed by atoms with Crippen LogP contribution in [0.2, 0.25) is 0 Å². The van der Waals surface area contributed by atoms with Crippen molar-refractivity contribution >= 4 is 24.1 Å². The fraction of sp³-hybridized carbons (Fsp3) is 0.133. The molecule has 0 heterocycles. The molecule has 22 heavy (non-hydrogen) atoms. The van der Waals surface area contributed by atoms with Gasteiger partial charge >= 0.3 is 12.9 Å². The fourth-order valence-electron chi connectivity index (χ4n) is 1.55. The molecule has 0 aliphatic carbocycles. The van der Waals surface area contributed by atoms with Gasteiger partial charge in [0.1, 0.15) is 12.4 Å². The van der Waals surface area contributed by atoms with Gasteiger partial charge in [-0.1, -0.05) is 48.5 Å². The number of hydrogen-bond acceptors (Lipinski definition) is 5. The van der Waals surface area contributed by atoms with Gasteiger partial charge in [-0.3, -0.25) is 4.57 Å². The van der Waals surface area contributed by atoms with E-state index in [1.807, 2.05) is 18.2 Å². The van der Waals surface area contributed by atoms with E-state index in [0.717, 1.165) is 5.56 Å². The third-order valence-corrected chi connectivity index (χ3v) is 3.94. The summed E-state index contributed by atoms with van der Waals surface area (Å²) < 4.78 is 26.7. The summed E-state index contributed by atoms with van der Waals surface area (Å²) in [6.07, 6.45) is -1.53. The van der Waals surface area contributed by atoms with E-state index < -0.39 is 19.2 Å². The van der Waals surface area contributed by atoms with E-state index in [9.17, 15) is 9.36 Å². The monoisotopic (exact) mass is 340 g/mol. The smallest absolute Gasteiger partial charge is 0.431 e. The molecule has 0 aliphatic rings. The van der Waals surface area contributed by atoms with Crippen LogP contribution < -0.4 is 4.52 Å². The Morgan fingerprint density at radius 2 is 1.55 bits per heavy atom. The lowest BCUT2D eigenvalue weighted by atomic mass is 10.2. The molecule has 5 nitrogen and oxygen atoms in total. The minimum atomic E-state index is -3.61. The van der Waals surface area contributed by atoms with E-state index in [2.05, 4.69) is 0 Å². The van der Waals surface area contributed by atoms with Crippen molar-refractivity contribution in [2.75, 3.05) is 6.35 Å². The van der Waals surface area contributed by atoms with Gasteiger partial charge in [0, 0.05) is 0 Å². The van der Waals surface area contributed by atoms with Gasteiger partial charge in [0.2, 0.25) is 0 Å². The van der Waals surface area contributed by atoms with Crippen LogP contribution in [0.1, 0.15) is 5.56 Å². The van der Waals surface area contributed by atoms with Crippen LogP contribution in [0.5, 0.6) is 5.75 Å². The van der Waals surface area contributed by atoms with Crippen molar-refractivity contribution in [2.24, 2.45) is 0 Å². The van der Waals surface area contributed by atoms with E-state index in [1.54, 1.807) is 42.5 Å². The first kappa shape index (κ1) is 16.4. The number of carbonyl (C=O) groups excluding carboxylic acids is 1. The minimum absolute atomic E-state index is 0.0613. The Kier molecular flexibility index (Phi) is 5.87. The molecule has 0 N–H and O–H groups in total. The zero-order chi connectivity index (χ0) is 15.8. The highest BCUT2D eigenvalue weighted by atomic mass is 35.7. The molecule has 0 amide bonds. The standard InChI is InChI=1S/C15H14ClO5P/c16-22(18,21-14-9-5-2-6-10-14)12-20-15(17)19-11-13-7-3-1-4-8-13/h1-10H,11-12H2. The van der Waals surface area contributed by atoms with E-state index in [1.165, 1.54) is 0 Å². The largest absolute Gasteiger partial charge is 0.509 e. The predicted molar refractivity (Wildman–Crippen MR) is 83.1 cm³/mol. The molecule has 7 heteroatoms. The van der Waals surface area contributed by atoms with Gasteiger partial charge in [0.25, 0.3) is 0 Å². The maximum absolute atomic E-state index is 12.0. The zero-order valence-electron chi connectivity index (χ0n) is 11.6. The Morgan fingerprint density at radius 3 is 2.18 bits per heavy atom. The van der Waals surface area contributed by atoms with Crippen LogP contribution in [0.25, 0.3) is 0 Å². The van der Waals surface area contributed by atoms with E-state index in [-0.39, 0.29) is 6.61 Å². The number of hydrogen-bond donors (Lipinski definition) is 0. The van der Waals surface area contributed by atoms with Gasteiger partial charge < -0.3 is 14.0 Å². The lowest BCUT2D eigenvalue weighted by molar-refractivity contribution is 0.0606.